The highest BCUT2D eigenvalue weighted by molar-refractivity contribution is 8.00. The Hall–Kier alpha value is -0.220. The zero-order chi connectivity index (χ0) is 14.1. The van der Waals surface area contributed by atoms with Crippen molar-refractivity contribution in [2.75, 3.05) is 5.75 Å². The first kappa shape index (κ1) is 15.2. The molecule has 0 aromatic heterocycles. The molecule has 2 fully saturated rings. The van der Waals surface area contributed by atoms with Gasteiger partial charge in [-0.1, -0.05) is 27.2 Å². The minimum absolute atomic E-state index is 0.272. The van der Waals surface area contributed by atoms with Crippen LogP contribution >= 0.6 is 11.8 Å². The van der Waals surface area contributed by atoms with E-state index < -0.39 is 11.5 Å². The van der Waals surface area contributed by atoms with Gasteiger partial charge in [-0.05, 0) is 43.8 Å². The normalized spacial score (nSPS) is 31.6. The maximum absolute atomic E-state index is 11.8. The molecule has 0 radical (unpaired) electrons. The summed E-state index contributed by atoms with van der Waals surface area (Å²) in [6.45, 7) is 6.66. The summed E-state index contributed by atoms with van der Waals surface area (Å²) < 4.78 is 0.272. The van der Waals surface area contributed by atoms with E-state index in [0.29, 0.717) is 12.0 Å². The van der Waals surface area contributed by atoms with Gasteiger partial charge in [-0.25, -0.2) is 0 Å². The fourth-order valence-electron chi connectivity index (χ4n) is 3.10. The summed E-state index contributed by atoms with van der Waals surface area (Å²) in [5, 5.41) is 13.2. The lowest BCUT2D eigenvalue weighted by molar-refractivity contribution is -0.146. The summed E-state index contributed by atoms with van der Waals surface area (Å²) in [7, 11) is 0. The second-order valence-corrected chi connectivity index (χ2v) is 8.96. The van der Waals surface area contributed by atoms with E-state index in [1.165, 1.54) is 0 Å². The summed E-state index contributed by atoms with van der Waals surface area (Å²) in [6.07, 6.45) is 6.25. The van der Waals surface area contributed by atoms with Gasteiger partial charge < -0.3 is 5.11 Å². The first-order chi connectivity index (χ1) is 8.83. The van der Waals surface area contributed by atoms with E-state index in [2.05, 4.69) is 26.1 Å². The quantitative estimate of drug-likeness (QED) is 0.786. The van der Waals surface area contributed by atoms with Crippen molar-refractivity contribution in [1.82, 2.24) is 5.32 Å². The van der Waals surface area contributed by atoms with Gasteiger partial charge in [0.05, 0.1) is 0 Å². The Balaban J connectivity index is 1.94. The maximum atomic E-state index is 11.8. The van der Waals surface area contributed by atoms with E-state index in [4.69, 9.17) is 0 Å². The molecule has 0 aliphatic heterocycles. The molecule has 2 aliphatic carbocycles. The Kier molecular flexibility index (Phi) is 4.51. The molecule has 2 atom stereocenters. The van der Waals surface area contributed by atoms with Crippen LogP contribution in [0.15, 0.2) is 0 Å². The third-order valence-corrected chi connectivity index (χ3v) is 5.55. The van der Waals surface area contributed by atoms with Gasteiger partial charge >= 0.3 is 5.97 Å². The lowest BCUT2D eigenvalue weighted by Crippen LogP contribution is -2.55. The smallest absolute Gasteiger partial charge is 0.324 e. The molecule has 2 rings (SSSR count). The molecule has 2 saturated carbocycles. The highest BCUT2D eigenvalue weighted by Gasteiger charge is 2.50. The SMILES string of the molecule is CC(C)(C)SCCC1CCCC1(NC1CC1)C(=O)O. The van der Waals surface area contributed by atoms with E-state index >= 15 is 0 Å². The number of aliphatic carboxylic acids is 1. The van der Waals surface area contributed by atoms with Crippen LogP contribution in [0.5, 0.6) is 0 Å². The van der Waals surface area contributed by atoms with E-state index in [1.807, 2.05) is 11.8 Å². The average molecular weight is 285 g/mol. The van der Waals surface area contributed by atoms with Crippen LogP contribution in [0.1, 0.15) is 59.3 Å². The summed E-state index contributed by atoms with van der Waals surface area (Å²) >= 11 is 1.95. The monoisotopic (exact) mass is 285 g/mol. The summed E-state index contributed by atoms with van der Waals surface area (Å²) in [4.78, 5) is 11.8. The van der Waals surface area contributed by atoms with Gasteiger partial charge in [-0.15, -0.1) is 0 Å². The fourth-order valence-corrected chi connectivity index (χ4v) is 4.12. The van der Waals surface area contributed by atoms with E-state index in [0.717, 1.165) is 44.3 Å². The predicted octanol–water partition coefficient (Wildman–Crippen LogP) is 3.28. The average Bonchev–Trinajstić information content (AvgIpc) is 2.98. The Morgan fingerprint density at radius 2 is 2.05 bits per heavy atom. The molecule has 0 aromatic rings. The standard InChI is InChI=1S/C15H27NO2S/c1-14(2,3)19-10-8-11-5-4-9-15(11,13(17)18)16-12-6-7-12/h11-12,16H,4-10H2,1-3H3,(H,17,18). The number of hydrogen-bond donors (Lipinski definition) is 2. The summed E-state index contributed by atoms with van der Waals surface area (Å²) in [5.74, 6) is 0.748. The first-order valence-electron chi connectivity index (χ1n) is 7.48. The molecule has 0 heterocycles. The first-order valence-corrected chi connectivity index (χ1v) is 8.47. The van der Waals surface area contributed by atoms with Crippen molar-refractivity contribution in [3.05, 3.63) is 0 Å². The molecule has 19 heavy (non-hydrogen) atoms. The number of nitrogens with one attached hydrogen (secondary N) is 1. The molecule has 0 spiro atoms. The maximum Gasteiger partial charge on any atom is 0.324 e. The van der Waals surface area contributed by atoms with Crippen LogP contribution in [0.4, 0.5) is 0 Å². The molecule has 2 N–H and O–H groups in total. The number of hydrogen-bond acceptors (Lipinski definition) is 3. The Bertz CT molecular complexity index is 336. The van der Waals surface area contributed by atoms with Crippen LogP contribution in [-0.4, -0.2) is 33.2 Å². The van der Waals surface area contributed by atoms with Crippen LogP contribution in [0.25, 0.3) is 0 Å². The molecule has 0 amide bonds. The zero-order valence-electron chi connectivity index (χ0n) is 12.4. The number of carboxylic acids is 1. The molecule has 3 nitrogen and oxygen atoms in total. The molecule has 0 aromatic carbocycles. The van der Waals surface area contributed by atoms with Crippen molar-refractivity contribution in [3.63, 3.8) is 0 Å². The predicted molar refractivity (Wildman–Crippen MR) is 80.7 cm³/mol. The third-order valence-electron chi connectivity index (χ3n) is 4.24. The largest absolute Gasteiger partial charge is 0.480 e. The molecule has 110 valence electrons. The van der Waals surface area contributed by atoms with Crippen molar-refractivity contribution in [2.24, 2.45) is 5.92 Å². The Labute approximate surface area is 120 Å². The second-order valence-electron chi connectivity index (χ2n) is 7.03. The van der Waals surface area contributed by atoms with E-state index in [-0.39, 0.29) is 4.75 Å². The summed E-state index contributed by atoms with van der Waals surface area (Å²) in [6, 6.07) is 0.465. The molecule has 4 heteroatoms. The molecule has 2 aliphatic rings. The minimum atomic E-state index is -0.625. The van der Waals surface area contributed by atoms with Crippen molar-refractivity contribution in [2.45, 2.75) is 75.6 Å². The van der Waals surface area contributed by atoms with Crippen LogP contribution in [0.2, 0.25) is 0 Å². The Morgan fingerprint density at radius 1 is 1.37 bits per heavy atom. The minimum Gasteiger partial charge on any atom is -0.480 e. The second kappa shape index (κ2) is 5.65. The van der Waals surface area contributed by atoms with Gasteiger partial charge in [0.2, 0.25) is 0 Å². The molecule has 0 saturated heterocycles. The third kappa shape index (κ3) is 3.88. The molecular weight excluding hydrogens is 258 g/mol. The van der Waals surface area contributed by atoms with E-state index in [1.54, 1.807) is 0 Å². The zero-order valence-corrected chi connectivity index (χ0v) is 13.2. The van der Waals surface area contributed by atoms with Gasteiger partial charge in [-0.2, -0.15) is 11.8 Å². The van der Waals surface area contributed by atoms with Gasteiger partial charge in [-0.3, -0.25) is 10.1 Å². The lowest BCUT2D eigenvalue weighted by atomic mass is 9.85. The van der Waals surface area contributed by atoms with Crippen LogP contribution in [0, 0.1) is 5.92 Å². The summed E-state index contributed by atoms with van der Waals surface area (Å²) in [5.41, 5.74) is -0.625. The topological polar surface area (TPSA) is 49.3 Å². The number of carbonyl (C=O) groups is 1. The number of thioether (sulfide) groups is 1. The van der Waals surface area contributed by atoms with Gasteiger partial charge in [0, 0.05) is 10.8 Å². The highest BCUT2D eigenvalue weighted by Crippen LogP contribution is 2.41. The van der Waals surface area contributed by atoms with Crippen LogP contribution in [0.3, 0.4) is 0 Å². The number of carboxylic acid groups (broad SMARTS) is 1. The van der Waals surface area contributed by atoms with Gasteiger partial charge in [0.25, 0.3) is 0 Å². The molecule has 2 unspecified atom stereocenters. The van der Waals surface area contributed by atoms with E-state index in [9.17, 15) is 9.90 Å². The van der Waals surface area contributed by atoms with Crippen molar-refractivity contribution >= 4 is 17.7 Å². The van der Waals surface area contributed by atoms with Gasteiger partial charge in [0.1, 0.15) is 5.54 Å². The lowest BCUT2D eigenvalue weighted by Gasteiger charge is -2.33. The van der Waals surface area contributed by atoms with Crippen molar-refractivity contribution in [1.29, 1.82) is 0 Å². The van der Waals surface area contributed by atoms with Crippen molar-refractivity contribution < 1.29 is 9.90 Å². The molecular formula is C15H27NO2S. The Morgan fingerprint density at radius 3 is 2.58 bits per heavy atom. The number of rotatable bonds is 6. The van der Waals surface area contributed by atoms with Crippen LogP contribution < -0.4 is 5.32 Å². The van der Waals surface area contributed by atoms with Crippen LogP contribution in [-0.2, 0) is 4.79 Å². The highest BCUT2D eigenvalue weighted by atomic mass is 32.2. The van der Waals surface area contributed by atoms with Gasteiger partial charge in [0.15, 0.2) is 0 Å². The fraction of sp³-hybridized carbons (Fsp3) is 0.933. The molecule has 0 bridgehead atoms. The van der Waals surface area contributed by atoms with Crippen molar-refractivity contribution in [3.8, 4) is 0 Å².